The SMILES string of the molecule is c1ccc(-c2ccc(-c3ccc(-n4c5ccccc5c5ccc(-c6ccc7c8ccccc8n(-c8ccc(-c9nc%10ccccc%10c%10c%11ccccc%11c%11ccccc%11c9%10)cc8)c7c6)cc54)cc3)cc2)cc1. The van der Waals surface area contributed by atoms with Gasteiger partial charge in [-0.1, -0.05) is 206 Å². The molecule has 0 saturated carbocycles. The van der Waals surface area contributed by atoms with Crippen LogP contribution in [0.25, 0.3) is 143 Å². The van der Waals surface area contributed by atoms with Crippen LogP contribution in [0.2, 0.25) is 0 Å². The molecule has 3 heteroatoms. The largest absolute Gasteiger partial charge is 0.309 e. The molecule has 0 aliphatic carbocycles. The molecule has 15 rings (SSSR count). The highest BCUT2D eigenvalue weighted by atomic mass is 15.0. The van der Waals surface area contributed by atoms with E-state index in [1.165, 1.54) is 115 Å². The van der Waals surface area contributed by atoms with Gasteiger partial charge in [-0.2, -0.15) is 0 Å². The summed E-state index contributed by atoms with van der Waals surface area (Å²) in [5, 5.41) is 13.5. The van der Waals surface area contributed by atoms with Gasteiger partial charge in [0.05, 0.1) is 33.3 Å². The third-order valence-electron chi connectivity index (χ3n) is 15.1. The van der Waals surface area contributed by atoms with Crippen molar-refractivity contribution in [2.24, 2.45) is 0 Å². The molecule has 3 nitrogen and oxygen atoms in total. The van der Waals surface area contributed by atoms with Crippen molar-refractivity contribution in [3.8, 4) is 56.0 Å². The summed E-state index contributed by atoms with van der Waals surface area (Å²) < 4.78 is 4.85. The van der Waals surface area contributed by atoms with Crippen molar-refractivity contribution in [3.05, 3.63) is 261 Å². The quantitative estimate of drug-likeness (QED) is 0.152. The minimum Gasteiger partial charge on any atom is -0.309 e. The number of hydrogen-bond acceptors (Lipinski definition) is 1. The van der Waals surface area contributed by atoms with E-state index in [2.05, 4.69) is 270 Å². The fourth-order valence-electron chi connectivity index (χ4n) is 11.7. The van der Waals surface area contributed by atoms with Gasteiger partial charge in [-0.3, -0.25) is 0 Å². The third kappa shape index (κ3) is 6.21. The van der Waals surface area contributed by atoms with Crippen molar-refractivity contribution < 1.29 is 0 Å². The molecule has 0 amide bonds. The van der Waals surface area contributed by atoms with Crippen LogP contribution >= 0.6 is 0 Å². The maximum absolute atomic E-state index is 5.45. The zero-order chi connectivity index (χ0) is 47.3. The molecule has 12 aromatic carbocycles. The fraction of sp³-hybridized carbons (Fsp3) is 0. The summed E-state index contributed by atoms with van der Waals surface area (Å²) in [7, 11) is 0. The first-order chi connectivity index (χ1) is 35.7. The predicted octanol–water partition coefficient (Wildman–Crippen LogP) is 18.6. The lowest BCUT2D eigenvalue weighted by Crippen LogP contribution is -1.96. The number of hydrogen-bond donors (Lipinski definition) is 0. The van der Waals surface area contributed by atoms with Crippen LogP contribution in [0.3, 0.4) is 0 Å². The van der Waals surface area contributed by atoms with E-state index in [0.29, 0.717) is 0 Å². The van der Waals surface area contributed by atoms with E-state index in [-0.39, 0.29) is 0 Å². The van der Waals surface area contributed by atoms with Gasteiger partial charge in [0.15, 0.2) is 0 Å². The van der Waals surface area contributed by atoms with Gasteiger partial charge in [0.1, 0.15) is 0 Å². The molecule has 0 unspecified atom stereocenters. The van der Waals surface area contributed by atoms with Crippen molar-refractivity contribution in [2.45, 2.75) is 0 Å². The highest BCUT2D eigenvalue weighted by molar-refractivity contribution is 6.33. The first-order valence-electron chi connectivity index (χ1n) is 24.8. The lowest BCUT2D eigenvalue weighted by molar-refractivity contribution is 1.18. The zero-order valence-corrected chi connectivity index (χ0v) is 39.2. The Morgan fingerprint density at radius 2 is 0.583 bits per heavy atom. The maximum atomic E-state index is 5.45. The van der Waals surface area contributed by atoms with E-state index in [1.54, 1.807) is 0 Å². The maximum Gasteiger partial charge on any atom is 0.0794 e. The molecule has 0 radical (unpaired) electrons. The molecular weight excluding hydrogens is 871 g/mol. The minimum absolute atomic E-state index is 0.997. The van der Waals surface area contributed by atoms with E-state index in [0.717, 1.165) is 28.1 Å². The molecule has 0 fully saturated rings. The van der Waals surface area contributed by atoms with Crippen LogP contribution in [0.15, 0.2) is 261 Å². The second-order valence-corrected chi connectivity index (χ2v) is 19.0. The number of aromatic nitrogens is 3. The Morgan fingerprint density at radius 1 is 0.222 bits per heavy atom. The van der Waals surface area contributed by atoms with Crippen molar-refractivity contribution in [1.29, 1.82) is 0 Å². The molecule has 0 bridgehead atoms. The van der Waals surface area contributed by atoms with Crippen LogP contribution in [0.1, 0.15) is 0 Å². The number of rotatable bonds is 6. The Labute approximate surface area is 415 Å². The Bertz CT molecular complexity index is 4640. The second-order valence-electron chi connectivity index (χ2n) is 19.0. The van der Waals surface area contributed by atoms with Crippen molar-refractivity contribution in [1.82, 2.24) is 14.1 Å². The summed E-state index contributed by atoms with van der Waals surface area (Å²) in [5.74, 6) is 0. The first kappa shape index (κ1) is 40.3. The van der Waals surface area contributed by atoms with Crippen LogP contribution in [-0.4, -0.2) is 14.1 Å². The summed E-state index contributed by atoms with van der Waals surface area (Å²) in [5.41, 5.74) is 17.2. The normalized spacial score (nSPS) is 11.9. The van der Waals surface area contributed by atoms with Gasteiger partial charge >= 0.3 is 0 Å². The molecule has 15 aromatic rings. The summed E-state index contributed by atoms with van der Waals surface area (Å²) in [6.07, 6.45) is 0. The van der Waals surface area contributed by atoms with E-state index in [4.69, 9.17) is 4.98 Å². The number of fused-ring (bicyclic) bond motifs is 14. The van der Waals surface area contributed by atoms with E-state index >= 15 is 0 Å². The van der Waals surface area contributed by atoms with Gasteiger partial charge in [-0.05, 0) is 110 Å². The molecule has 334 valence electrons. The third-order valence-corrected chi connectivity index (χ3v) is 15.1. The highest BCUT2D eigenvalue weighted by Gasteiger charge is 2.20. The van der Waals surface area contributed by atoms with Crippen LogP contribution in [-0.2, 0) is 0 Å². The number of nitrogens with zero attached hydrogens (tertiary/aromatic N) is 3. The summed E-state index contributed by atoms with van der Waals surface area (Å²) >= 11 is 0. The standard InChI is InChI=1S/C69H43N3/c1-2-14-44(15-3-1)45-26-28-46(29-27-45)47-30-36-51(37-31-47)71-63-24-12-9-18-55(63)57-40-34-49(42-65(57)71)50-35-41-58-56-19-10-13-25-64(56)72(66(58)43-50)52-38-32-48(33-39-52)69-68-60-21-7-5-17-54(60)53-16-4-6-20-59(53)67(68)61-22-8-11-23-62(61)70-69/h1-43H. The number of para-hydroxylation sites is 3. The first-order valence-corrected chi connectivity index (χ1v) is 24.8. The van der Waals surface area contributed by atoms with Crippen LogP contribution in [0.4, 0.5) is 0 Å². The Hall–Kier alpha value is -9.57. The predicted molar refractivity (Wildman–Crippen MR) is 305 cm³/mol. The molecule has 0 saturated heterocycles. The fourth-order valence-corrected chi connectivity index (χ4v) is 11.7. The monoisotopic (exact) mass is 913 g/mol. The average Bonchev–Trinajstić information content (AvgIpc) is 3.97. The topological polar surface area (TPSA) is 22.8 Å². The number of benzene rings is 12. The molecule has 3 heterocycles. The molecule has 3 aromatic heterocycles. The minimum atomic E-state index is 0.997. The van der Waals surface area contributed by atoms with Gasteiger partial charge in [-0.15, -0.1) is 0 Å². The van der Waals surface area contributed by atoms with Crippen LogP contribution < -0.4 is 0 Å². The molecular formula is C69H43N3. The van der Waals surface area contributed by atoms with Crippen molar-refractivity contribution in [3.63, 3.8) is 0 Å². The van der Waals surface area contributed by atoms with E-state index < -0.39 is 0 Å². The summed E-state index contributed by atoms with van der Waals surface area (Å²) in [4.78, 5) is 5.45. The van der Waals surface area contributed by atoms with Crippen LogP contribution in [0.5, 0.6) is 0 Å². The molecule has 0 aliphatic rings. The zero-order valence-electron chi connectivity index (χ0n) is 39.2. The number of pyridine rings is 1. The lowest BCUT2D eigenvalue weighted by atomic mass is 9.90. The van der Waals surface area contributed by atoms with Gasteiger partial charge in [0.25, 0.3) is 0 Å². The highest BCUT2D eigenvalue weighted by Crippen LogP contribution is 2.44. The van der Waals surface area contributed by atoms with Gasteiger partial charge < -0.3 is 9.13 Å². The summed E-state index contributed by atoms with van der Waals surface area (Å²) in [6.45, 7) is 0. The van der Waals surface area contributed by atoms with Crippen LogP contribution in [0, 0.1) is 0 Å². The van der Waals surface area contributed by atoms with Crippen molar-refractivity contribution >= 4 is 86.8 Å². The Morgan fingerprint density at radius 3 is 1.11 bits per heavy atom. The molecule has 72 heavy (non-hydrogen) atoms. The second kappa shape index (κ2) is 16.0. The Kier molecular flexibility index (Phi) is 8.96. The molecule has 0 aliphatic heterocycles. The summed E-state index contributed by atoms with van der Waals surface area (Å²) in [6, 6.07) is 95.3. The molecule has 0 atom stereocenters. The molecule has 0 N–H and O–H groups in total. The van der Waals surface area contributed by atoms with Gasteiger partial charge in [0, 0.05) is 54.6 Å². The smallest absolute Gasteiger partial charge is 0.0794 e. The Balaban J connectivity index is 0.846. The van der Waals surface area contributed by atoms with E-state index in [9.17, 15) is 0 Å². The van der Waals surface area contributed by atoms with Gasteiger partial charge in [-0.25, -0.2) is 4.98 Å². The molecule has 0 spiro atoms. The van der Waals surface area contributed by atoms with Crippen molar-refractivity contribution in [2.75, 3.05) is 0 Å². The van der Waals surface area contributed by atoms with Gasteiger partial charge in [0.2, 0.25) is 0 Å². The lowest BCUT2D eigenvalue weighted by Gasteiger charge is -2.16. The van der Waals surface area contributed by atoms with E-state index in [1.807, 2.05) is 0 Å². The average molecular weight is 914 g/mol.